The van der Waals surface area contributed by atoms with Gasteiger partial charge in [-0.25, -0.2) is 4.79 Å². The first kappa shape index (κ1) is 22.0. The number of carbonyl (C=O) groups is 1. The van der Waals surface area contributed by atoms with E-state index in [0.29, 0.717) is 50.7 Å². The molecule has 3 aromatic carbocycles. The molecule has 7 heteroatoms. The molecule has 0 aliphatic heterocycles. The van der Waals surface area contributed by atoms with E-state index in [0.717, 1.165) is 0 Å². The first-order valence-electron chi connectivity index (χ1n) is 10.1. The van der Waals surface area contributed by atoms with Gasteiger partial charge in [0, 0.05) is 28.6 Å². The Kier molecular flexibility index (Phi) is 6.31. The number of methoxy groups -OCH3 is 3. The lowest BCUT2D eigenvalue weighted by Crippen LogP contribution is -2.11. The van der Waals surface area contributed by atoms with E-state index in [1.54, 1.807) is 80.9 Å². The van der Waals surface area contributed by atoms with Crippen LogP contribution in [0.2, 0.25) is 0 Å². The fourth-order valence-corrected chi connectivity index (χ4v) is 3.40. The molecule has 33 heavy (non-hydrogen) atoms. The van der Waals surface area contributed by atoms with Crippen LogP contribution in [-0.2, 0) is 0 Å². The summed E-state index contributed by atoms with van der Waals surface area (Å²) in [4.78, 5) is 25.1. The summed E-state index contributed by atoms with van der Waals surface area (Å²) < 4.78 is 26.9. The summed E-state index contributed by atoms with van der Waals surface area (Å²) in [5.74, 6) is 2.02. The zero-order chi connectivity index (χ0) is 23.4. The number of carbonyl (C=O) groups excluding carboxylic acids is 1. The SMILES string of the molecule is COc1ccc(C(=O)COc2ccc3cc(-c4ccc(OC)cc4OC)c(=O)oc3c2)cc1. The lowest BCUT2D eigenvalue weighted by molar-refractivity contribution is 0.0921. The second-order valence-electron chi connectivity index (χ2n) is 7.15. The first-order valence-corrected chi connectivity index (χ1v) is 10.1. The zero-order valence-electron chi connectivity index (χ0n) is 18.4. The molecule has 0 spiro atoms. The lowest BCUT2D eigenvalue weighted by Gasteiger charge is -2.11. The quantitative estimate of drug-likeness (QED) is 0.285. The minimum atomic E-state index is -0.516. The normalized spacial score (nSPS) is 10.6. The number of hydrogen-bond acceptors (Lipinski definition) is 7. The Morgan fingerprint density at radius 3 is 2.15 bits per heavy atom. The zero-order valence-corrected chi connectivity index (χ0v) is 18.4. The van der Waals surface area contributed by atoms with Crippen molar-refractivity contribution in [2.75, 3.05) is 27.9 Å². The molecule has 0 fully saturated rings. The maximum atomic E-state index is 12.7. The number of Topliss-reactive ketones (excluding diaryl/α,β-unsaturated/α-hetero) is 1. The van der Waals surface area contributed by atoms with Gasteiger partial charge < -0.3 is 23.4 Å². The molecule has 0 unspecified atom stereocenters. The summed E-state index contributed by atoms with van der Waals surface area (Å²) in [6, 6.07) is 18.8. The van der Waals surface area contributed by atoms with Crippen molar-refractivity contribution < 1.29 is 28.2 Å². The average molecular weight is 446 g/mol. The predicted molar refractivity (Wildman–Crippen MR) is 124 cm³/mol. The Morgan fingerprint density at radius 2 is 1.45 bits per heavy atom. The molecule has 168 valence electrons. The van der Waals surface area contributed by atoms with Crippen LogP contribution in [-0.4, -0.2) is 33.7 Å². The van der Waals surface area contributed by atoms with Crippen molar-refractivity contribution in [2.45, 2.75) is 0 Å². The van der Waals surface area contributed by atoms with Crippen LogP contribution >= 0.6 is 0 Å². The molecule has 0 bridgehead atoms. The van der Waals surface area contributed by atoms with Crippen LogP contribution in [0.5, 0.6) is 23.0 Å². The van der Waals surface area contributed by atoms with Crippen molar-refractivity contribution in [1.82, 2.24) is 0 Å². The van der Waals surface area contributed by atoms with Gasteiger partial charge in [-0.3, -0.25) is 4.79 Å². The molecule has 0 radical (unpaired) electrons. The van der Waals surface area contributed by atoms with E-state index < -0.39 is 5.63 Å². The summed E-state index contributed by atoms with van der Waals surface area (Å²) in [6.07, 6.45) is 0. The number of benzene rings is 3. The molecule has 4 aromatic rings. The van der Waals surface area contributed by atoms with Crippen LogP contribution < -0.4 is 24.6 Å². The lowest BCUT2D eigenvalue weighted by atomic mass is 10.0. The number of ketones is 1. The van der Waals surface area contributed by atoms with Crippen LogP contribution in [0.3, 0.4) is 0 Å². The Balaban J connectivity index is 1.56. The van der Waals surface area contributed by atoms with Gasteiger partial charge in [0.25, 0.3) is 0 Å². The molecule has 4 rings (SSSR count). The van der Waals surface area contributed by atoms with Gasteiger partial charge in [-0.2, -0.15) is 0 Å². The van der Waals surface area contributed by atoms with E-state index in [9.17, 15) is 9.59 Å². The molecule has 0 atom stereocenters. The molecule has 7 nitrogen and oxygen atoms in total. The van der Waals surface area contributed by atoms with Crippen LogP contribution in [0, 0.1) is 0 Å². The predicted octanol–water partition coefficient (Wildman–Crippen LogP) is 4.75. The molecular weight excluding hydrogens is 424 g/mol. The van der Waals surface area contributed by atoms with E-state index in [2.05, 4.69) is 0 Å². The Labute approximate surface area is 190 Å². The summed E-state index contributed by atoms with van der Waals surface area (Å²) >= 11 is 0. The standard InChI is InChI=1S/C26H22O7/c1-29-18-7-4-16(5-8-18)23(27)15-32-20-9-6-17-12-22(26(28)33-24(17)14-20)21-11-10-19(30-2)13-25(21)31-3/h4-14H,15H2,1-3H3. The monoisotopic (exact) mass is 446 g/mol. The minimum absolute atomic E-state index is 0.150. The molecule has 0 saturated heterocycles. The van der Waals surface area contributed by atoms with Crippen molar-refractivity contribution >= 4 is 16.8 Å². The van der Waals surface area contributed by atoms with Gasteiger partial charge in [0.2, 0.25) is 0 Å². The summed E-state index contributed by atoms with van der Waals surface area (Å²) in [5, 5.41) is 0.705. The van der Waals surface area contributed by atoms with Crippen molar-refractivity contribution in [1.29, 1.82) is 0 Å². The highest BCUT2D eigenvalue weighted by Gasteiger charge is 2.14. The average Bonchev–Trinajstić information content (AvgIpc) is 2.86. The van der Waals surface area contributed by atoms with Gasteiger partial charge in [0.05, 0.1) is 26.9 Å². The maximum absolute atomic E-state index is 12.7. The number of ether oxygens (including phenoxy) is 4. The van der Waals surface area contributed by atoms with Gasteiger partial charge in [0.1, 0.15) is 28.6 Å². The van der Waals surface area contributed by atoms with E-state index in [1.165, 1.54) is 7.11 Å². The summed E-state index contributed by atoms with van der Waals surface area (Å²) in [6.45, 7) is -0.150. The number of fused-ring (bicyclic) bond motifs is 1. The summed E-state index contributed by atoms with van der Waals surface area (Å²) in [5.41, 5.74) is 1.31. The Bertz CT molecular complexity index is 1350. The fraction of sp³-hybridized carbons (Fsp3) is 0.154. The third-order valence-electron chi connectivity index (χ3n) is 5.19. The Morgan fingerprint density at radius 1 is 0.758 bits per heavy atom. The molecule has 0 N–H and O–H groups in total. The second-order valence-corrected chi connectivity index (χ2v) is 7.15. The minimum Gasteiger partial charge on any atom is -0.497 e. The van der Waals surface area contributed by atoms with Crippen molar-refractivity contribution in [3.8, 4) is 34.1 Å². The van der Waals surface area contributed by atoms with Crippen LogP contribution in [0.25, 0.3) is 22.1 Å². The second kappa shape index (κ2) is 9.48. The van der Waals surface area contributed by atoms with E-state index in [1.807, 2.05) is 0 Å². The van der Waals surface area contributed by atoms with E-state index in [4.69, 9.17) is 23.4 Å². The first-order chi connectivity index (χ1) is 16.0. The van der Waals surface area contributed by atoms with Gasteiger partial charge >= 0.3 is 5.63 Å². The van der Waals surface area contributed by atoms with E-state index in [-0.39, 0.29) is 12.4 Å². The molecule has 0 amide bonds. The maximum Gasteiger partial charge on any atom is 0.344 e. The number of hydrogen-bond donors (Lipinski definition) is 0. The van der Waals surface area contributed by atoms with Gasteiger partial charge in [-0.05, 0) is 54.6 Å². The van der Waals surface area contributed by atoms with Gasteiger partial charge in [0.15, 0.2) is 12.4 Å². The van der Waals surface area contributed by atoms with Crippen LogP contribution in [0.15, 0.2) is 75.9 Å². The van der Waals surface area contributed by atoms with Crippen molar-refractivity contribution in [3.05, 3.63) is 82.7 Å². The van der Waals surface area contributed by atoms with E-state index >= 15 is 0 Å². The molecule has 1 aromatic heterocycles. The third-order valence-corrected chi connectivity index (χ3v) is 5.19. The molecule has 1 heterocycles. The highest BCUT2D eigenvalue weighted by atomic mass is 16.5. The van der Waals surface area contributed by atoms with Gasteiger partial charge in [-0.1, -0.05) is 0 Å². The summed E-state index contributed by atoms with van der Waals surface area (Å²) in [7, 11) is 4.65. The van der Waals surface area contributed by atoms with Crippen LogP contribution in [0.4, 0.5) is 0 Å². The van der Waals surface area contributed by atoms with Crippen molar-refractivity contribution in [3.63, 3.8) is 0 Å². The molecule has 0 aliphatic rings. The Hall–Kier alpha value is -4.26. The third kappa shape index (κ3) is 4.67. The smallest absolute Gasteiger partial charge is 0.344 e. The molecule has 0 aliphatic carbocycles. The van der Waals surface area contributed by atoms with Gasteiger partial charge in [-0.15, -0.1) is 0 Å². The number of rotatable bonds is 8. The van der Waals surface area contributed by atoms with Crippen LogP contribution in [0.1, 0.15) is 10.4 Å². The topological polar surface area (TPSA) is 84.2 Å². The largest absolute Gasteiger partial charge is 0.497 e. The molecular formula is C26H22O7. The molecule has 0 saturated carbocycles. The highest BCUT2D eigenvalue weighted by Crippen LogP contribution is 2.33. The highest BCUT2D eigenvalue weighted by molar-refractivity contribution is 5.97. The fourth-order valence-electron chi connectivity index (χ4n) is 3.40. The van der Waals surface area contributed by atoms with Crippen molar-refractivity contribution in [2.24, 2.45) is 0 Å².